The van der Waals surface area contributed by atoms with Crippen molar-refractivity contribution in [1.29, 1.82) is 0 Å². The molecule has 0 fully saturated rings. The van der Waals surface area contributed by atoms with Crippen molar-refractivity contribution in [3.05, 3.63) is 24.7 Å². The zero-order valence-electron chi connectivity index (χ0n) is 5.36. The van der Waals surface area contributed by atoms with Crippen molar-refractivity contribution < 1.29 is 0 Å². The van der Waals surface area contributed by atoms with Crippen LogP contribution in [0.1, 0.15) is 0 Å². The largest absolute Gasteiger partial charge is 0.396 e. The first-order chi connectivity index (χ1) is 4.79. The Bertz CT molecular complexity index is 325. The van der Waals surface area contributed by atoms with Crippen LogP contribution in [0.5, 0.6) is 0 Å². The number of anilines is 1. The molecule has 0 spiro atoms. The maximum Gasteiger partial charge on any atom is 0.158 e. The van der Waals surface area contributed by atoms with Crippen LogP contribution < -0.4 is 11.6 Å². The molecule has 0 aliphatic heterocycles. The molecular formula is C6H8N4. The minimum atomic E-state index is 0.701. The molecule has 0 unspecified atom stereocenters. The van der Waals surface area contributed by atoms with Gasteiger partial charge < -0.3 is 16.0 Å². The quantitative estimate of drug-likeness (QED) is 0.502. The lowest BCUT2D eigenvalue weighted by Crippen LogP contribution is -2.06. The van der Waals surface area contributed by atoms with Gasteiger partial charge in [-0.25, -0.2) is 0 Å². The molecule has 0 saturated heterocycles. The molecule has 2 rings (SSSR count). The second kappa shape index (κ2) is 1.47. The smallest absolute Gasteiger partial charge is 0.158 e. The number of aromatic nitrogens is 2. The summed E-state index contributed by atoms with van der Waals surface area (Å²) in [5.74, 6) is 5.54. The van der Waals surface area contributed by atoms with Gasteiger partial charge in [0.25, 0.3) is 0 Å². The molecule has 0 aliphatic rings. The molecule has 0 atom stereocenters. The van der Waals surface area contributed by atoms with E-state index in [9.17, 15) is 0 Å². The van der Waals surface area contributed by atoms with Crippen LogP contribution in [0.4, 0.5) is 5.69 Å². The highest BCUT2D eigenvalue weighted by Crippen LogP contribution is 2.12. The predicted molar refractivity (Wildman–Crippen MR) is 39.9 cm³/mol. The third-order valence-electron chi connectivity index (χ3n) is 1.55. The van der Waals surface area contributed by atoms with E-state index in [4.69, 9.17) is 11.6 Å². The molecule has 0 amide bonds. The molecule has 4 heteroatoms. The van der Waals surface area contributed by atoms with Gasteiger partial charge in [0, 0.05) is 18.6 Å². The Morgan fingerprint density at radius 3 is 2.70 bits per heavy atom. The second-order valence-electron chi connectivity index (χ2n) is 2.21. The maximum absolute atomic E-state index is 5.60. The van der Waals surface area contributed by atoms with E-state index in [0.29, 0.717) is 5.69 Å². The minimum Gasteiger partial charge on any atom is -0.396 e. The molecule has 0 aliphatic carbocycles. The Hall–Kier alpha value is -1.58. The number of fused-ring (bicyclic) bond motifs is 1. The van der Waals surface area contributed by atoms with Gasteiger partial charge in [0.15, 0.2) is 5.65 Å². The zero-order valence-corrected chi connectivity index (χ0v) is 5.36. The number of imidazole rings is 1. The summed E-state index contributed by atoms with van der Waals surface area (Å²) in [5.41, 5.74) is 7.13. The Kier molecular flexibility index (Phi) is 0.768. The van der Waals surface area contributed by atoms with Gasteiger partial charge in [-0.15, -0.1) is 0 Å². The molecule has 4 N–H and O–H groups in total. The van der Waals surface area contributed by atoms with Gasteiger partial charge in [-0.05, 0) is 6.07 Å². The SMILES string of the molecule is Nc1ccn2ccn(N)c12. The maximum atomic E-state index is 5.60. The number of hydrogen-bond donors (Lipinski definition) is 2. The molecule has 0 radical (unpaired) electrons. The minimum absolute atomic E-state index is 0.701. The lowest BCUT2D eigenvalue weighted by molar-refractivity contribution is 1.05. The van der Waals surface area contributed by atoms with E-state index in [1.165, 1.54) is 4.68 Å². The van der Waals surface area contributed by atoms with Gasteiger partial charge in [-0.1, -0.05) is 0 Å². The van der Waals surface area contributed by atoms with Crippen molar-refractivity contribution in [3.8, 4) is 0 Å². The monoisotopic (exact) mass is 136 g/mol. The van der Waals surface area contributed by atoms with Crippen LogP contribution in [0.2, 0.25) is 0 Å². The molecule has 2 aromatic rings. The first-order valence-electron chi connectivity index (χ1n) is 2.97. The van der Waals surface area contributed by atoms with Crippen LogP contribution in [0.3, 0.4) is 0 Å². The van der Waals surface area contributed by atoms with E-state index >= 15 is 0 Å². The normalized spacial score (nSPS) is 10.8. The summed E-state index contributed by atoms with van der Waals surface area (Å²) in [6, 6.07) is 1.82. The first-order valence-corrected chi connectivity index (χ1v) is 2.97. The average Bonchev–Trinajstić information content (AvgIpc) is 2.40. The van der Waals surface area contributed by atoms with Crippen LogP contribution in [-0.2, 0) is 0 Å². The predicted octanol–water partition coefficient (Wildman–Crippen LogP) is 0.0368. The van der Waals surface area contributed by atoms with Crippen LogP contribution in [0.15, 0.2) is 24.7 Å². The van der Waals surface area contributed by atoms with Crippen LogP contribution in [0.25, 0.3) is 5.65 Å². The molecule has 10 heavy (non-hydrogen) atoms. The number of hydrogen-bond acceptors (Lipinski definition) is 2. The Balaban J connectivity index is 2.98. The van der Waals surface area contributed by atoms with Crippen LogP contribution in [0, 0.1) is 0 Å². The van der Waals surface area contributed by atoms with Crippen LogP contribution in [-0.4, -0.2) is 9.08 Å². The molecule has 52 valence electrons. The van der Waals surface area contributed by atoms with Crippen molar-refractivity contribution >= 4 is 11.3 Å². The number of rotatable bonds is 0. The third kappa shape index (κ3) is 0.452. The Morgan fingerprint density at radius 1 is 1.20 bits per heavy atom. The summed E-state index contributed by atoms with van der Waals surface area (Å²) in [6.07, 6.45) is 5.48. The van der Waals surface area contributed by atoms with Crippen molar-refractivity contribution in [1.82, 2.24) is 9.08 Å². The molecule has 0 bridgehead atoms. The lowest BCUT2D eigenvalue weighted by atomic mass is 10.5. The van der Waals surface area contributed by atoms with Crippen LogP contribution >= 0.6 is 0 Å². The van der Waals surface area contributed by atoms with E-state index in [1.807, 2.05) is 22.9 Å². The van der Waals surface area contributed by atoms with E-state index < -0.39 is 0 Å². The highest BCUT2D eigenvalue weighted by atomic mass is 15.3. The Morgan fingerprint density at radius 2 is 2.00 bits per heavy atom. The molecule has 4 nitrogen and oxygen atoms in total. The fourth-order valence-corrected chi connectivity index (χ4v) is 1.07. The Labute approximate surface area is 57.6 Å². The zero-order chi connectivity index (χ0) is 7.14. The van der Waals surface area contributed by atoms with Crippen molar-refractivity contribution in [3.63, 3.8) is 0 Å². The summed E-state index contributed by atoms with van der Waals surface area (Å²) >= 11 is 0. The van der Waals surface area contributed by atoms with Crippen molar-refractivity contribution in [2.75, 3.05) is 11.6 Å². The fourth-order valence-electron chi connectivity index (χ4n) is 1.07. The van der Waals surface area contributed by atoms with E-state index in [2.05, 4.69) is 0 Å². The van der Waals surface area contributed by atoms with Crippen molar-refractivity contribution in [2.24, 2.45) is 0 Å². The first kappa shape index (κ1) is 5.22. The van der Waals surface area contributed by atoms with Gasteiger partial charge in [0.05, 0.1) is 5.69 Å². The highest BCUT2D eigenvalue weighted by Gasteiger charge is 2.00. The number of nitrogens with two attached hydrogens (primary N) is 2. The molecule has 0 aromatic carbocycles. The number of nitrogen functional groups attached to an aromatic ring is 2. The second-order valence-corrected chi connectivity index (χ2v) is 2.21. The van der Waals surface area contributed by atoms with E-state index in [-0.39, 0.29) is 0 Å². The summed E-state index contributed by atoms with van der Waals surface area (Å²) in [6.45, 7) is 0. The van der Waals surface area contributed by atoms with Gasteiger partial charge in [-0.3, -0.25) is 4.68 Å². The van der Waals surface area contributed by atoms with Gasteiger partial charge in [0.1, 0.15) is 0 Å². The number of nitrogens with zero attached hydrogens (tertiary/aromatic N) is 2. The van der Waals surface area contributed by atoms with E-state index in [0.717, 1.165) is 5.65 Å². The standard InChI is InChI=1S/C6H8N4/c7-5-1-2-9-3-4-10(8)6(5)9/h1-4H,7-8H2. The summed E-state index contributed by atoms with van der Waals surface area (Å²) in [4.78, 5) is 0. The topological polar surface area (TPSA) is 61.4 Å². The summed E-state index contributed by atoms with van der Waals surface area (Å²) in [7, 11) is 0. The van der Waals surface area contributed by atoms with Crippen molar-refractivity contribution in [2.45, 2.75) is 0 Å². The lowest BCUT2D eigenvalue weighted by Gasteiger charge is -1.91. The van der Waals surface area contributed by atoms with Gasteiger partial charge >= 0.3 is 0 Å². The molecule has 2 aromatic heterocycles. The summed E-state index contributed by atoms with van der Waals surface area (Å²) < 4.78 is 3.37. The van der Waals surface area contributed by atoms with Gasteiger partial charge in [0.2, 0.25) is 0 Å². The third-order valence-corrected chi connectivity index (χ3v) is 1.55. The molecule has 0 saturated carbocycles. The fraction of sp³-hybridized carbons (Fsp3) is 0. The molecular weight excluding hydrogens is 128 g/mol. The molecule has 2 heterocycles. The van der Waals surface area contributed by atoms with E-state index in [1.54, 1.807) is 6.20 Å². The van der Waals surface area contributed by atoms with Gasteiger partial charge in [-0.2, -0.15) is 0 Å². The highest BCUT2D eigenvalue weighted by molar-refractivity contribution is 5.66. The average molecular weight is 136 g/mol. The summed E-state index contributed by atoms with van der Waals surface area (Å²) in [5, 5.41) is 0.